The van der Waals surface area contributed by atoms with Crippen molar-refractivity contribution < 1.29 is 28.8 Å². The third-order valence-electron chi connectivity index (χ3n) is 5.93. The van der Waals surface area contributed by atoms with E-state index >= 15 is 0 Å². The molecule has 0 radical (unpaired) electrons. The molecule has 9 atom stereocenters. The van der Waals surface area contributed by atoms with Crippen LogP contribution in [0, 0.1) is 23.7 Å². The van der Waals surface area contributed by atoms with Crippen molar-refractivity contribution in [2.75, 3.05) is 19.8 Å². The van der Waals surface area contributed by atoms with E-state index in [9.17, 15) is 9.90 Å². The van der Waals surface area contributed by atoms with E-state index < -0.39 is 24.5 Å². The molecule has 2 saturated heterocycles. The molecule has 0 bridgehead atoms. The molecule has 2 heterocycles. The highest BCUT2D eigenvalue weighted by Gasteiger charge is 2.42. The van der Waals surface area contributed by atoms with Gasteiger partial charge in [0.2, 0.25) is 0 Å². The van der Waals surface area contributed by atoms with Gasteiger partial charge in [-0.25, -0.2) is 0 Å². The van der Waals surface area contributed by atoms with E-state index in [1.165, 1.54) is 6.92 Å². The predicted molar refractivity (Wildman–Crippen MR) is 96.6 cm³/mol. The molecule has 154 valence electrons. The molecule has 2 aliphatic rings. The summed E-state index contributed by atoms with van der Waals surface area (Å²) in [6.07, 6.45) is -2.06. The fourth-order valence-electron chi connectivity index (χ4n) is 3.63. The Morgan fingerprint density at radius 2 is 1.89 bits per heavy atom. The van der Waals surface area contributed by atoms with Crippen molar-refractivity contribution in [3.63, 3.8) is 0 Å². The van der Waals surface area contributed by atoms with E-state index in [0.29, 0.717) is 12.5 Å². The number of carbonyl (C=O) groups is 1. The second kappa shape index (κ2) is 9.71. The summed E-state index contributed by atoms with van der Waals surface area (Å²) in [4.78, 5) is 13.9. The lowest BCUT2D eigenvalue weighted by Crippen LogP contribution is -2.52. The van der Waals surface area contributed by atoms with E-state index in [2.05, 4.69) is 30.8 Å². The predicted octanol–water partition coefficient (Wildman–Crippen LogP) is 2.27. The molecule has 0 aromatic carbocycles. The topological polar surface area (TPSA) is 123 Å². The number of hydrogen-bond donors (Lipinski definition) is 1. The molecule has 9 nitrogen and oxygen atoms in total. The third-order valence-corrected chi connectivity index (χ3v) is 5.93. The Bertz CT molecular complexity index is 555. The molecule has 2 fully saturated rings. The Labute approximate surface area is 159 Å². The monoisotopic (exact) mass is 385 g/mol. The Morgan fingerprint density at radius 1 is 1.19 bits per heavy atom. The van der Waals surface area contributed by atoms with Crippen LogP contribution in [-0.4, -0.2) is 61.5 Å². The number of ether oxygens (including phenoxy) is 4. The number of nitrogens with zero attached hydrogens (tertiary/aromatic N) is 3. The number of hydrogen-bond acceptors (Lipinski definition) is 7. The summed E-state index contributed by atoms with van der Waals surface area (Å²) in [5.41, 5.74) is 8.79. The first kappa shape index (κ1) is 21.9. The Balaban J connectivity index is 1.99. The lowest BCUT2D eigenvalue weighted by Gasteiger charge is -2.44. The molecule has 0 aromatic rings. The summed E-state index contributed by atoms with van der Waals surface area (Å²) in [6, 6.07) is -0.703. The Morgan fingerprint density at radius 3 is 2.52 bits per heavy atom. The number of esters is 1. The van der Waals surface area contributed by atoms with E-state index in [0.717, 1.165) is 0 Å². The summed E-state index contributed by atoms with van der Waals surface area (Å²) in [5, 5.41) is 14.0. The second-order valence-corrected chi connectivity index (χ2v) is 7.79. The largest absolute Gasteiger partial charge is 0.463 e. The number of aliphatic hydroxyl groups is 1. The van der Waals surface area contributed by atoms with Crippen molar-refractivity contribution in [2.24, 2.45) is 28.8 Å². The molecule has 4 unspecified atom stereocenters. The number of aliphatic hydroxyl groups excluding tert-OH is 1. The highest BCUT2D eigenvalue weighted by molar-refractivity contribution is 5.65. The van der Waals surface area contributed by atoms with E-state index in [-0.39, 0.29) is 43.0 Å². The normalized spacial score (nSPS) is 42.2. The first-order valence-corrected chi connectivity index (χ1v) is 9.50. The maximum atomic E-state index is 11.1. The molecule has 1 N–H and O–H groups in total. The zero-order chi connectivity index (χ0) is 20.1. The SMILES string of the molecule is CC(=O)OCC1O[C@@H](OCC2OCC(C)[C@@H](O)[C@H]2N=[N+]=[N-])C(C)[C@@H](C)[C@@H]1C. The summed E-state index contributed by atoms with van der Waals surface area (Å²) in [5.74, 6) is 0.179. The van der Waals surface area contributed by atoms with Gasteiger partial charge in [0.15, 0.2) is 6.29 Å². The molecule has 2 rings (SSSR count). The molecule has 2 aliphatic heterocycles. The number of rotatable bonds is 6. The highest BCUT2D eigenvalue weighted by Crippen LogP contribution is 2.36. The maximum absolute atomic E-state index is 11.1. The first-order chi connectivity index (χ1) is 12.8. The van der Waals surface area contributed by atoms with Crippen molar-refractivity contribution >= 4 is 5.97 Å². The zero-order valence-electron chi connectivity index (χ0n) is 16.6. The molecule has 27 heavy (non-hydrogen) atoms. The van der Waals surface area contributed by atoms with Crippen LogP contribution in [0.3, 0.4) is 0 Å². The summed E-state index contributed by atoms with van der Waals surface area (Å²) >= 11 is 0. The van der Waals surface area contributed by atoms with Gasteiger partial charge in [-0.15, -0.1) is 0 Å². The van der Waals surface area contributed by atoms with Gasteiger partial charge in [0.25, 0.3) is 0 Å². The molecule has 9 heteroatoms. The molecule has 0 saturated carbocycles. The number of azide groups is 1. The van der Waals surface area contributed by atoms with Crippen LogP contribution < -0.4 is 0 Å². The van der Waals surface area contributed by atoms with Gasteiger partial charge < -0.3 is 24.1 Å². The average Bonchev–Trinajstić information content (AvgIpc) is 2.63. The van der Waals surface area contributed by atoms with Crippen LogP contribution in [0.25, 0.3) is 10.4 Å². The maximum Gasteiger partial charge on any atom is 0.302 e. The quantitative estimate of drug-likeness (QED) is 0.324. The lowest BCUT2D eigenvalue weighted by atomic mass is 9.79. The summed E-state index contributed by atoms with van der Waals surface area (Å²) in [7, 11) is 0. The molecular weight excluding hydrogens is 354 g/mol. The minimum Gasteiger partial charge on any atom is -0.463 e. The van der Waals surface area contributed by atoms with E-state index in [1.807, 2.05) is 6.92 Å². The Kier molecular flexibility index (Phi) is 7.88. The van der Waals surface area contributed by atoms with Crippen LogP contribution in [0.4, 0.5) is 0 Å². The van der Waals surface area contributed by atoms with Gasteiger partial charge in [-0.3, -0.25) is 4.79 Å². The van der Waals surface area contributed by atoms with E-state index in [4.69, 9.17) is 24.5 Å². The second-order valence-electron chi connectivity index (χ2n) is 7.79. The lowest BCUT2D eigenvalue weighted by molar-refractivity contribution is -0.266. The van der Waals surface area contributed by atoms with Crippen LogP contribution >= 0.6 is 0 Å². The van der Waals surface area contributed by atoms with Gasteiger partial charge in [-0.1, -0.05) is 32.8 Å². The van der Waals surface area contributed by atoms with Gasteiger partial charge in [0.05, 0.1) is 37.6 Å². The van der Waals surface area contributed by atoms with E-state index in [1.54, 1.807) is 0 Å². The van der Waals surface area contributed by atoms with Crippen molar-refractivity contribution in [2.45, 2.75) is 65.3 Å². The zero-order valence-corrected chi connectivity index (χ0v) is 16.6. The fraction of sp³-hybridized carbons (Fsp3) is 0.944. The first-order valence-electron chi connectivity index (χ1n) is 9.50. The third kappa shape index (κ3) is 5.33. The van der Waals surface area contributed by atoms with Crippen LogP contribution in [-0.2, 0) is 23.7 Å². The highest BCUT2D eigenvalue weighted by atomic mass is 16.7. The van der Waals surface area contributed by atoms with Crippen LogP contribution in [0.15, 0.2) is 5.11 Å². The van der Waals surface area contributed by atoms with Gasteiger partial charge >= 0.3 is 5.97 Å². The molecule has 0 aliphatic carbocycles. The molecular formula is C18H31N3O6. The summed E-state index contributed by atoms with van der Waals surface area (Å²) < 4.78 is 22.9. The van der Waals surface area contributed by atoms with Crippen LogP contribution in [0.1, 0.15) is 34.6 Å². The van der Waals surface area contributed by atoms with Gasteiger partial charge in [0, 0.05) is 23.7 Å². The molecule has 0 spiro atoms. The fourth-order valence-corrected chi connectivity index (χ4v) is 3.63. The smallest absolute Gasteiger partial charge is 0.302 e. The van der Waals surface area contributed by atoms with Crippen molar-refractivity contribution in [1.82, 2.24) is 0 Å². The minimum atomic E-state index is -0.774. The van der Waals surface area contributed by atoms with Gasteiger partial charge in [-0.2, -0.15) is 0 Å². The minimum absolute atomic E-state index is 0.115. The Hall–Kier alpha value is -1.38. The molecule has 0 amide bonds. The average molecular weight is 385 g/mol. The van der Waals surface area contributed by atoms with Crippen molar-refractivity contribution in [1.29, 1.82) is 0 Å². The van der Waals surface area contributed by atoms with Crippen molar-refractivity contribution in [3.05, 3.63) is 10.4 Å². The van der Waals surface area contributed by atoms with Crippen molar-refractivity contribution in [3.8, 4) is 0 Å². The summed E-state index contributed by atoms with van der Waals surface area (Å²) in [6.45, 7) is 10.2. The number of carbonyl (C=O) groups excluding carboxylic acids is 1. The van der Waals surface area contributed by atoms with Gasteiger partial charge in [0.1, 0.15) is 6.61 Å². The molecule has 0 aromatic heterocycles. The standard InChI is InChI=1S/C18H31N3O6/c1-9-6-25-15(16(17(9)23)20-21-19)8-26-18-12(4)10(2)11(3)14(27-18)7-24-13(5)22/h9-12,14-18,23H,6-8H2,1-5H3/t9?,10-,11-,12?,14?,15?,16-,17+,18+/m0/s1. The van der Waals surface area contributed by atoms with Crippen LogP contribution in [0.2, 0.25) is 0 Å². The van der Waals surface area contributed by atoms with Crippen LogP contribution in [0.5, 0.6) is 0 Å². The van der Waals surface area contributed by atoms with Gasteiger partial charge in [-0.05, 0) is 17.4 Å².